The monoisotopic (exact) mass is 789 g/mol. The molecule has 54 heavy (non-hydrogen) atoms. The maximum absolute atomic E-state index is 15.6. The standard InChI is InChI=1S/C38H40ClF4N5O5S/c1-37(2,3)53-36(50)47-18-19-48(54(51,52)29-8-5-4-6-9-29)28(23-47)16-17-30-31(40)10-7-11-32(30)46-35(49)34(44)33(24-12-14-27(39)15-13-24)25-20-26(22-45-21-25)38(41,42)43/h4-15,20-22,28,33-34H,16-19,23,44H2,1-3H3,(H,46,49). The smallest absolute Gasteiger partial charge is 0.417 e. The summed E-state index contributed by atoms with van der Waals surface area (Å²) in [7, 11) is -4.04. The first-order valence-electron chi connectivity index (χ1n) is 17.0. The zero-order chi connectivity index (χ0) is 39.4. The van der Waals surface area contributed by atoms with Gasteiger partial charge in [-0.1, -0.05) is 48.0 Å². The lowest BCUT2D eigenvalue weighted by Gasteiger charge is -2.41. The summed E-state index contributed by atoms with van der Waals surface area (Å²) < 4.78 is 91.1. The van der Waals surface area contributed by atoms with Crippen molar-refractivity contribution >= 4 is 39.3 Å². The van der Waals surface area contributed by atoms with Crippen LogP contribution in [-0.2, 0) is 32.2 Å². The van der Waals surface area contributed by atoms with E-state index in [0.717, 1.165) is 6.07 Å². The van der Waals surface area contributed by atoms with E-state index in [1.54, 1.807) is 39.0 Å². The zero-order valence-electron chi connectivity index (χ0n) is 29.7. The fraction of sp³-hybridized carbons (Fsp3) is 0.342. The number of alkyl halides is 3. The number of aromatic nitrogens is 1. The lowest BCUT2D eigenvalue weighted by molar-refractivity contribution is -0.137. The van der Waals surface area contributed by atoms with Gasteiger partial charge in [0.05, 0.1) is 16.5 Å². The van der Waals surface area contributed by atoms with Gasteiger partial charge in [-0.2, -0.15) is 17.5 Å². The molecule has 10 nitrogen and oxygen atoms in total. The minimum Gasteiger partial charge on any atom is -0.444 e. The van der Waals surface area contributed by atoms with E-state index in [-0.39, 0.29) is 54.2 Å². The number of nitrogens with zero attached hydrogens (tertiary/aromatic N) is 3. The number of benzene rings is 3. The number of hydrogen-bond acceptors (Lipinski definition) is 7. The van der Waals surface area contributed by atoms with Gasteiger partial charge in [-0.25, -0.2) is 17.6 Å². The number of ether oxygens (including phenoxy) is 1. The Kier molecular flexibility index (Phi) is 12.4. The molecule has 0 radical (unpaired) electrons. The van der Waals surface area contributed by atoms with Crippen LogP contribution in [-0.4, -0.2) is 71.9 Å². The van der Waals surface area contributed by atoms with Gasteiger partial charge in [0.25, 0.3) is 0 Å². The molecule has 2 heterocycles. The highest BCUT2D eigenvalue weighted by atomic mass is 35.5. The van der Waals surface area contributed by atoms with E-state index in [1.165, 1.54) is 70.0 Å². The molecule has 3 aromatic carbocycles. The molecule has 1 aromatic heterocycles. The number of carbonyl (C=O) groups excluding carboxylic acids is 2. The van der Waals surface area contributed by atoms with Gasteiger partial charge in [0, 0.05) is 60.3 Å². The molecule has 3 atom stereocenters. The lowest BCUT2D eigenvalue weighted by Crippen LogP contribution is -2.57. The normalized spacial score (nSPS) is 16.8. The summed E-state index contributed by atoms with van der Waals surface area (Å²) in [6.45, 7) is 5.11. The number of amides is 2. The second kappa shape index (κ2) is 16.4. The van der Waals surface area contributed by atoms with E-state index in [9.17, 15) is 31.2 Å². The van der Waals surface area contributed by atoms with Crippen molar-refractivity contribution in [3.63, 3.8) is 0 Å². The Labute approximate surface area is 316 Å². The summed E-state index contributed by atoms with van der Waals surface area (Å²) in [6, 6.07) is 16.5. The summed E-state index contributed by atoms with van der Waals surface area (Å²) in [4.78, 5) is 32.1. The number of halogens is 5. The number of pyridine rings is 1. The van der Waals surface area contributed by atoms with Crippen LogP contribution in [0.15, 0.2) is 96.2 Å². The molecule has 1 aliphatic heterocycles. The van der Waals surface area contributed by atoms with Gasteiger partial charge in [0.15, 0.2) is 0 Å². The van der Waals surface area contributed by atoms with E-state index in [1.807, 2.05) is 0 Å². The van der Waals surface area contributed by atoms with Crippen molar-refractivity contribution in [1.29, 1.82) is 0 Å². The maximum Gasteiger partial charge on any atom is 0.417 e. The number of carbonyl (C=O) groups is 2. The van der Waals surface area contributed by atoms with Gasteiger partial charge in [-0.15, -0.1) is 0 Å². The van der Waals surface area contributed by atoms with Crippen molar-refractivity contribution in [2.75, 3.05) is 25.0 Å². The summed E-state index contributed by atoms with van der Waals surface area (Å²) in [6.07, 6.45) is -3.53. The van der Waals surface area contributed by atoms with E-state index in [0.29, 0.717) is 16.8 Å². The third-order valence-electron chi connectivity index (χ3n) is 8.87. The highest BCUT2D eigenvalue weighted by Gasteiger charge is 2.39. The second-order valence-electron chi connectivity index (χ2n) is 13.9. The number of nitrogens with one attached hydrogen (secondary N) is 1. The number of anilines is 1. The molecule has 288 valence electrons. The van der Waals surface area contributed by atoms with Crippen LogP contribution in [0.1, 0.15) is 55.4 Å². The van der Waals surface area contributed by atoms with E-state index < -0.39 is 63.2 Å². The van der Waals surface area contributed by atoms with Gasteiger partial charge >= 0.3 is 12.3 Å². The second-order valence-corrected chi connectivity index (χ2v) is 16.2. The van der Waals surface area contributed by atoms with Crippen LogP contribution in [0.5, 0.6) is 0 Å². The van der Waals surface area contributed by atoms with Crippen LogP contribution in [0.25, 0.3) is 0 Å². The summed E-state index contributed by atoms with van der Waals surface area (Å²) in [5, 5.41) is 3.00. The SMILES string of the molecule is CC(C)(C)OC(=O)N1CCN(S(=O)(=O)c2ccccc2)C(CCc2c(F)cccc2NC(=O)C(N)C(c2ccc(Cl)cc2)c2cncc(C(F)(F)F)c2)C1. The number of rotatable bonds is 10. The Morgan fingerprint density at radius 1 is 0.981 bits per heavy atom. The molecule has 2 amide bonds. The molecule has 0 saturated carbocycles. The first-order valence-corrected chi connectivity index (χ1v) is 18.8. The Morgan fingerprint density at radius 3 is 2.31 bits per heavy atom. The average molecular weight is 790 g/mol. The highest BCUT2D eigenvalue weighted by molar-refractivity contribution is 7.89. The fourth-order valence-corrected chi connectivity index (χ4v) is 8.06. The van der Waals surface area contributed by atoms with Crippen LogP contribution in [0, 0.1) is 5.82 Å². The minimum atomic E-state index is -4.71. The Morgan fingerprint density at radius 2 is 1.67 bits per heavy atom. The van der Waals surface area contributed by atoms with Gasteiger partial charge in [0.1, 0.15) is 11.4 Å². The van der Waals surface area contributed by atoms with Crippen LogP contribution < -0.4 is 11.1 Å². The molecule has 1 fully saturated rings. The predicted octanol–water partition coefficient (Wildman–Crippen LogP) is 7.23. The first kappa shape index (κ1) is 40.6. The molecule has 3 N–H and O–H groups in total. The molecule has 0 spiro atoms. The summed E-state index contributed by atoms with van der Waals surface area (Å²) in [5.74, 6) is -2.65. The van der Waals surface area contributed by atoms with Crippen molar-refractivity contribution in [1.82, 2.24) is 14.2 Å². The van der Waals surface area contributed by atoms with Crippen LogP contribution in [0.4, 0.5) is 28.0 Å². The van der Waals surface area contributed by atoms with E-state index in [4.69, 9.17) is 22.1 Å². The van der Waals surface area contributed by atoms with Gasteiger partial charge in [-0.3, -0.25) is 9.78 Å². The fourth-order valence-electron chi connectivity index (χ4n) is 6.28. The molecule has 1 aliphatic rings. The van der Waals surface area contributed by atoms with Gasteiger partial charge in [0.2, 0.25) is 15.9 Å². The summed E-state index contributed by atoms with van der Waals surface area (Å²) in [5.41, 5.74) is 5.12. The molecule has 0 aliphatic carbocycles. The van der Waals surface area contributed by atoms with Gasteiger partial charge < -0.3 is 20.7 Å². The quantitative estimate of drug-likeness (QED) is 0.162. The number of sulfonamides is 1. The minimum absolute atomic E-state index is 0.0146. The van der Waals surface area contributed by atoms with Crippen LogP contribution in [0.3, 0.4) is 0 Å². The topological polar surface area (TPSA) is 135 Å². The van der Waals surface area contributed by atoms with Crippen LogP contribution in [0.2, 0.25) is 5.02 Å². The number of nitrogens with two attached hydrogens (primary N) is 1. The zero-order valence-corrected chi connectivity index (χ0v) is 31.3. The molecule has 16 heteroatoms. The van der Waals surface area contributed by atoms with Crippen LogP contribution >= 0.6 is 11.6 Å². The molecule has 5 rings (SSSR count). The number of hydrogen-bond donors (Lipinski definition) is 2. The Balaban J connectivity index is 1.43. The first-order chi connectivity index (χ1) is 25.3. The molecule has 4 aromatic rings. The third kappa shape index (κ3) is 9.75. The maximum atomic E-state index is 15.6. The molecule has 1 saturated heterocycles. The predicted molar refractivity (Wildman–Crippen MR) is 196 cm³/mol. The van der Waals surface area contributed by atoms with E-state index in [2.05, 4.69) is 10.3 Å². The van der Waals surface area contributed by atoms with Crippen molar-refractivity contribution in [2.24, 2.45) is 5.73 Å². The number of piperazine rings is 1. The molecular weight excluding hydrogens is 750 g/mol. The average Bonchev–Trinajstić information content (AvgIpc) is 3.11. The van der Waals surface area contributed by atoms with Gasteiger partial charge in [-0.05, 0) is 87.2 Å². The van der Waals surface area contributed by atoms with Crippen molar-refractivity contribution in [3.05, 3.63) is 124 Å². The van der Waals surface area contributed by atoms with E-state index >= 15 is 4.39 Å². The highest BCUT2D eigenvalue weighted by Crippen LogP contribution is 2.35. The summed E-state index contributed by atoms with van der Waals surface area (Å²) >= 11 is 6.06. The molecular formula is C38H40ClF4N5O5S. The lowest BCUT2D eigenvalue weighted by atomic mass is 9.85. The Hall–Kier alpha value is -4.57. The third-order valence-corrected chi connectivity index (χ3v) is 11.1. The van der Waals surface area contributed by atoms with Crippen molar-refractivity contribution in [3.8, 4) is 0 Å². The molecule has 0 bridgehead atoms. The van der Waals surface area contributed by atoms with Crippen molar-refractivity contribution < 1.29 is 40.3 Å². The van der Waals surface area contributed by atoms with Crippen molar-refractivity contribution in [2.45, 2.75) is 68.3 Å². The molecule has 3 unspecified atom stereocenters. The Bertz CT molecular complexity index is 2070. The largest absolute Gasteiger partial charge is 0.444 e.